The molecule has 3 heterocycles. The van der Waals surface area contributed by atoms with E-state index in [2.05, 4.69) is 15.0 Å². The monoisotopic (exact) mass is 233 g/mol. The first-order valence-corrected chi connectivity index (χ1v) is 5.17. The number of imidazole rings is 1. The second kappa shape index (κ2) is 3.79. The summed E-state index contributed by atoms with van der Waals surface area (Å²) >= 11 is 0. The Kier molecular flexibility index (Phi) is 2.27. The fraction of sp³-hybridized carbons (Fsp3) is 0.300. The second-order valence-corrected chi connectivity index (χ2v) is 3.72. The number of anilines is 1. The minimum atomic E-state index is -0.313. The Morgan fingerprint density at radius 2 is 2.29 bits per heavy atom. The normalized spacial score (nSPS) is 23.6. The minimum absolute atomic E-state index is 0.0449. The Bertz CT molecular complexity index is 579. The number of hydrogen-bond acceptors (Lipinski definition) is 6. The third-order valence-corrected chi connectivity index (χ3v) is 2.59. The summed E-state index contributed by atoms with van der Waals surface area (Å²) in [6.45, 7) is -0.0449. The number of nitrogens with zero attached hydrogens (tertiary/aromatic N) is 4. The molecule has 0 unspecified atom stereocenters. The zero-order valence-electron chi connectivity index (χ0n) is 8.89. The molecule has 0 bridgehead atoms. The van der Waals surface area contributed by atoms with Crippen LogP contribution in [0.2, 0.25) is 0 Å². The molecule has 7 heteroatoms. The van der Waals surface area contributed by atoms with Gasteiger partial charge < -0.3 is 15.6 Å². The van der Waals surface area contributed by atoms with Crippen LogP contribution in [0.1, 0.15) is 6.23 Å². The van der Waals surface area contributed by atoms with Gasteiger partial charge in [0.2, 0.25) is 5.95 Å². The molecule has 0 saturated carbocycles. The highest BCUT2D eigenvalue weighted by Gasteiger charge is 2.21. The van der Waals surface area contributed by atoms with Gasteiger partial charge in [-0.3, -0.25) is 4.57 Å². The molecule has 1 aliphatic rings. The van der Waals surface area contributed by atoms with Crippen molar-refractivity contribution in [2.75, 3.05) is 12.3 Å². The van der Waals surface area contributed by atoms with Crippen molar-refractivity contribution in [3.05, 3.63) is 24.7 Å². The predicted octanol–water partition coefficient (Wildman–Crippen LogP) is -0.146. The van der Waals surface area contributed by atoms with Crippen LogP contribution in [0.25, 0.3) is 11.2 Å². The zero-order valence-corrected chi connectivity index (χ0v) is 8.89. The molecule has 0 spiro atoms. The first-order chi connectivity index (χ1) is 8.28. The molecule has 7 nitrogen and oxygen atoms in total. The highest BCUT2D eigenvalue weighted by molar-refractivity contribution is 5.70. The maximum absolute atomic E-state index is 8.99. The zero-order chi connectivity index (χ0) is 11.8. The fourth-order valence-electron chi connectivity index (χ4n) is 1.78. The summed E-state index contributed by atoms with van der Waals surface area (Å²) < 4.78 is 7.31. The largest absolute Gasteiger partial charge is 0.393 e. The molecule has 2 atom stereocenters. The number of aliphatic hydroxyl groups is 1. The molecule has 88 valence electrons. The molecule has 0 aromatic carbocycles. The Hall–Kier alpha value is -1.99. The molecule has 3 rings (SSSR count). The van der Waals surface area contributed by atoms with Crippen LogP contribution in [0, 0.1) is 0 Å². The van der Waals surface area contributed by atoms with Crippen LogP contribution in [0.15, 0.2) is 24.7 Å². The minimum Gasteiger partial charge on any atom is -0.393 e. The maximum Gasteiger partial charge on any atom is 0.222 e. The van der Waals surface area contributed by atoms with Gasteiger partial charge in [-0.05, 0) is 6.08 Å². The van der Waals surface area contributed by atoms with Crippen LogP contribution in [-0.2, 0) is 4.74 Å². The van der Waals surface area contributed by atoms with Crippen molar-refractivity contribution in [3.63, 3.8) is 0 Å². The van der Waals surface area contributed by atoms with Crippen LogP contribution < -0.4 is 5.73 Å². The lowest BCUT2D eigenvalue weighted by atomic mass is 10.4. The van der Waals surface area contributed by atoms with E-state index in [0.717, 1.165) is 0 Å². The lowest BCUT2D eigenvalue weighted by molar-refractivity contribution is -0.00638. The Morgan fingerprint density at radius 1 is 1.41 bits per heavy atom. The molecule has 0 saturated heterocycles. The van der Waals surface area contributed by atoms with E-state index in [1.54, 1.807) is 23.2 Å². The van der Waals surface area contributed by atoms with Crippen molar-refractivity contribution in [3.8, 4) is 0 Å². The number of nitrogen functional groups attached to an aromatic ring is 1. The van der Waals surface area contributed by atoms with Crippen LogP contribution in [0.5, 0.6) is 0 Å². The SMILES string of the molecule is Nc1ncc2ncn([C@H]3C=C[C@@H](CO)O3)c2n1. The lowest BCUT2D eigenvalue weighted by Crippen LogP contribution is -2.15. The second-order valence-electron chi connectivity index (χ2n) is 3.72. The van der Waals surface area contributed by atoms with Gasteiger partial charge in [0, 0.05) is 0 Å². The Morgan fingerprint density at radius 3 is 3.06 bits per heavy atom. The molecule has 1 aliphatic heterocycles. The average molecular weight is 233 g/mol. The molecule has 2 aromatic rings. The standard InChI is InChI=1S/C10H11N5O2/c11-10-12-3-7-9(14-10)15(5-13-7)8-2-1-6(4-16)17-8/h1-3,5-6,8,16H,4H2,(H2,11,12,14)/t6-,8+/m0/s1. The van der Waals surface area contributed by atoms with Crippen molar-refractivity contribution < 1.29 is 9.84 Å². The van der Waals surface area contributed by atoms with E-state index in [1.165, 1.54) is 0 Å². The first-order valence-electron chi connectivity index (χ1n) is 5.17. The summed E-state index contributed by atoms with van der Waals surface area (Å²) in [5, 5.41) is 8.99. The van der Waals surface area contributed by atoms with Crippen molar-refractivity contribution in [1.29, 1.82) is 0 Å². The number of hydrogen-bond donors (Lipinski definition) is 2. The first kappa shape index (κ1) is 10.2. The predicted molar refractivity (Wildman–Crippen MR) is 59.9 cm³/mol. The fourth-order valence-corrected chi connectivity index (χ4v) is 1.78. The molecular weight excluding hydrogens is 222 g/mol. The topological polar surface area (TPSA) is 99.1 Å². The third kappa shape index (κ3) is 1.65. The Labute approximate surface area is 96.6 Å². The van der Waals surface area contributed by atoms with Gasteiger partial charge in [-0.25, -0.2) is 9.97 Å². The quantitative estimate of drug-likeness (QED) is 0.700. The van der Waals surface area contributed by atoms with Gasteiger partial charge in [-0.2, -0.15) is 4.98 Å². The summed E-state index contributed by atoms with van der Waals surface area (Å²) in [4.78, 5) is 12.2. The van der Waals surface area contributed by atoms with E-state index in [9.17, 15) is 0 Å². The molecule has 3 N–H and O–H groups in total. The molecule has 0 fully saturated rings. The van der Waals surface area contributed by atoms with Gasteiger partial charge in [-0.15, -0.1) is 0 Å². The Balaban J connectivity index is 2.01. The maximum atomic E-state index is 8.99. The van der Waals surface area contributed by atoms with E-state index in [-0.39, 0.29) is 24.9 Å². The van der Waals surface area contributed by atoms with Crippen molar-refractivity contribution in [2.24, 2.45) is 0 Å². The summed E-state index contributed by atoms with van der Waals surface area (Å²) in [6, 6.07) is 0. The van der Waals surface area contributed by atoms with Crippen LogP contribution >= 0.6 is 0 Å². The van der Waals surface area contributed by atoms with Gasteiger partial charge >= 0.3 is 0 Å². The number of fused-ring (bicyclic) bond motifs is 1. The third-order valence-electron chi connectivity index (χ3n) is 2.59. The lowest BCUT2D eigenvalue weighted by Gasteiger charge is -2.13. The molecule has 0 amide bonds. The van der Waals surface area contributed by atoms with E-state index in [0.29, 0.717) is 11.2 Å². The molecule has 2 aromatic heterocycles. The van der Waals surface area contributed by atoms with Crippen LogP contribution in [-0.4, -0.2) is 37.3 Å². The molecule has 0 radical (unpaired) electrons. The number of aliphatic hydroxyl groups excluding tert-OH is 1. The van der Waals surface area contributed by atoms with Crippen LogP contribution in [0.3, 0.4) is 0 Å². The highest BCUT2D eigenvalue weighted by atomic mass is 16.5. The van der Waals surface area contributed by atoms with E-state index < -0.39 is 0 Å². The van der Waals surface area contributed by atoms with Gasteiger partial charge in [0.15, 0.2) is 11.9 Å². The summed E-state index contributed by atoms with van der Waals surface area (Å²) in [6.07, 6.45) is 6.24. The summed E-state index contributed by atoms with van der Waals surface area (Å²) in [5.74, 6) is 0.194. The smallest absolute Gasteiger partial charge is 0.222 e. The van der Waals surface area contributed by atoms with Gasteiger partial charge in [0.25, 0.3) is 0 Å². The number of ether oxygens (including phenoxy) is 1. The van der Waals surface area contributed by atoms with Gasteiger partial charge in [-0.1, -0.05) is 6.08 Å². The molecular formula is C10H11N5O2. The van der Waals surface area contributed by atoms with Crippen molar-refractivity contribution in [1.82, 2.24) is 19.5 Å². The number of nitrogens with two attached hydrogens (primary N) is 1. The molecule has 17 heavy (non-hydrogen) atoms. The van der Waals surface area contributed by atoms with E-state index in [1.807, 2.05) is 6.08 Å². The summed E-state index contributed by atoms with van der Waals surface area (Å²) in [5.41, 5.74) is 6.81. The van der Waals surface area contributed by atoms with Crippen molar-refractivity contribution in [2.45, 2.75) is 12.3 Å². The van der Waals surface area contributed by atoms with E-state index in [4.69, 9.17) is 15.6 Å². The average Bonchev–Trinajstić information content (AvgIpc) is 2.93. The number of aromatic nitrogens is 4. The van der Waals surface area contributed by atoms with Crippen LogP contribution in [0.4, 0.5) is 5.95 Å². The molecule has 0 aliphatic carbocycles. The number of rotatable bonds is 2. The highest BCUT2D eigenvalue weighted by Crippen LogP contribution is 2.24. The summed E-state index contributed by atoms with van der Waals surface area (Å²) in [7, 11) is 0. The van der Waals surface area contributed by atoms with Gasteiger partial charge in [0.05, 0.1) is 19.1 Å². The van der Waals surface area contributed by atoms with E-state index >= 15 is 0 Å². The van der Waals surface area contributed by atoms with Crippen molar-refractivity contribution >= 4 is 17.1 Å². The van der Waals surface area contributed by atoms with Gasteiger partial charge in [0.1, 0.15) is 11.6 Å².